The van der Waals surface area contributed by atoms with E-state index in [2.05, 4.69) is 15.0 Å². The number of pyridine rings is 1. The van der Waals surface area contributed by atoms with Gasteiger partial charge in [-0.1, -0.05) is 17.7 Å². The molecule has 1 fully saturated rings. The lowest BCUT2D eigenvalue weighted by Gasteiger charge is -2.35. The molecule has 3 aromatic rings. The second-order valence-electron chi connectivity index (χ2n) is 6.85. The molecule has 0 radical (unpaired) electrons. The van der Waals surface area contributed by atoms with E-state index in [0.717, 1.165) is 15.1 Å². The van der Waals surface area contributed by atoms with Gasteiger partial charge in [0.2, 0.25) is 5.69 Å². The number of carbonyl (C=O) groups is 1. The minimum Gasteiger partial charge on any atom is -0.353 e. The maximum absolute atomic E-state index is 13.0. The lowest BCUT2D eigenvalue weighted by Crippen LogP contribution is -2.51. The van der Waals surface area contributed by atoms with Gasteiger partial charge in [0.1, 0.15) is 5.82 Å². The topological polar surface area (TPSA) is 93.3 Å². The van der Waals surface area contributed by atoms with Crippen LogP contribution in [0.4, 0.5) is 5.82 Å². The molecule has 1 saturated heterocycles. The van der Waals surface area contributed by atoms with Gasteiger partial charge in [0, 0.05) is 44.4 Å². The molecule has 30 heavy (non-hydrogen) atoms. The van der Waals surface area contributed by atoms with Crippen molar-refractivity contribution in [1.82, 2.24) is 24.2 Å². The second-order valence-corrected chi connectivity index (χ2v) is 7.29. The summed E-state index contributed by atoms with van der Waals surface area (Å²) in [7, 11) is 1.33. The minimum atomic E-state index is -0.720. The molecule has 0 saturated carbocycles. The van der Waals surface area contributed by atoms with Crippen molar-refractivity contribution in [2.45, 2.75) is 0 Å². The van der Waals surface area contributed by atoms with Gasteiger partial charge in [-0.05, 0) is 36.4 Å². The Morgan fingerprint density at radius 3 is 2.33 bits per heavy atom. The third-order valence-electron chi connectivity index (χ3n) is 4.99. The molecule has 0 N–H and O–H groups in total. The Kier molecular flexibility index (Phi) is 5.37. The van der Waals surface area contributed by atoms with E-state index >= 15 is 0 Å². The number of aromatic nitrogens is 4. The van der Waals surface area contributed by atoms with Crippen LogP contribution in [0.3, 0.4) is 0 Å². The number of carbonyl (C=O) groups excluding carboxylic acids is 1. The lowest BCUT2D eigenvalue weighted by atomic mass is 10.2. The number of hydrogen-bond acceptors (Lipinski definition) is 6. The molecule has 1 amide bonds. The van der Waals surface area contributed by atoms with Crippen molar-refractivity contribution in [1.29, 1.82) is 0 Å². The molecule has 154 valence electrons. The van der Waals surface area contributed by atoms with Crippen LogP contribution in [0.15, 0.2) is 58.3 Å². The fourth-order valence-electron chi connectivity index (χ4n) is 3.29. The van der Waals surface area contributed by atoms with Crippen LogP contribution >= 0.6 is 11.6 Å². The van der Waals surface area contributed by atoms with Gasteiger partial charge in [-0.2, -0.15) is 9.78 Å². The number of piperazine rings is 1. The molecular weight excluding hydrogens is 408 g/mol. The summed E-state index contributed by atoms with van der Waals surface area (Å²) in [5.74, 6) is 0.342. The number of anilines is 1. The van der Waals surface area contributed by atoms with E-state index in [-0.39, 0.29) is 5.69 Å². The van der Waals surface area contributed by atoms with Crippen LogP contribution in [-0.2, 0) is 7.05 Å². The Labute approximate surface area is 176 Å². The molecule has 10 heteroatoms. The summed E-state index contributed by atoms with van der Waals surface area (Å²) in [6.45, 7) is 2.00. The lowest BCUT2D eigenvalue weighted by molar-refractivity contribution is 0.0735. The zero-order valence-corrected chi connectivity index (χ0v) is 17.0. The van der Waals surface area contributed by atoms with Crippen LogP contribution in [0, 0.1) is 0 Å². The van der Waals surface area contributed by atoms with E-state index in [4.69, 9.17) is 11.6 Å². The molecule has 4 rings (SSSR count). The van der Waals surface area contributed by atoms with Crippen molar-refractivity contribution in [2.75, 3.05) is 31.1 Å². The first-order valence-corrected chi connectivity index (χ1v) is 9.75. The summed E-state index contributed by atoms with van der Waals surface area (Å²) >= 11 is 5.90. The monoisotopic (exact) mass is 426 g/mol. The molecule has 1 aromatic carbocycles. The van der Waals surface area contributed by atoms with Gasteiger partial charge in [0.25, 0.3) is 11.5 Å². The normalized spacial score (nSPS) is 14.1. The molecule has 0 atom stereocenters. The van der Waals surface area contributed by atoms with Crippen molar-refractivity contribution < 1.29 is 4.79 Å². The summed E-state index contributed by atoms with van der Waals surface area (Å²) in [6, 6.07) is 12.1. The molecule has 9 nitrogen and oxygen atoms in total. The summed E-state index contributed by atoms with van der Waals surface area (Å²) in [6.07, 6.45) is 1.72. The Balaban J connectivity index is 1.61. The number of nitrogens with zero attached hydrogens (tertiary/aromatic N) is 6. The number of halogens is 1. The van der Waals surface area contributed by atoms with Crippen molar-refractivity contribution in [2.24, 2.45) is 7.05 Å². The van der Waals surface area contributed by atoms with E-state index < -0.39 is 17.2 Å². The Morgan fingerprint density at radius 1 is 1.00 bits per heavy atom. The Bertz CT molecular complexity index is 1180. The summed E-state index contributed by atoms with van der Waals surface area (Å²) in [5.41, 5.74) is -1.24. The highest BCUT2D eigenvalue weighted by molar-refractivity contribution is 6.30. The number of benzene rings is 1. The number of rotatable bonds is 3. The van der Waals surface area contributed by atoms with Gasteiger partial charge in [-0.15, -0.1) is 0 Å². The zero-order valence-electron chi connectivity index (χ0n) is 16.2. The SMILES string of the molecule is Cn1c(=O)c(C(=O)N2CCN(c3ccccn3)CC2)nn(-c2ccc(Cl)cc2)c1=O. The maximum Gasteiger partial charge on any atom is 0.351 e. The van der Waals surface area contributed by atoms with Crippen molar-refractivity contribution in [3.63, 3.8) is 0 Å². The van der Waals surface area contributed by atoms with Crippen LogP contribution in [-0.4, -0.2) is 56.3 Å². The quantitative estimate of drug-likeness (QED) is 0.619. The highest BCUT2D eigenvalue weighted by Gasteiger charge is 2.27. The summed E-state index contributed by atoms with van der Waals surface area (Å²) in [5, 5.41) is 4.59. The van der Waals surface area contributed by atoms with Crippen molar-refractivity contribution >= 4 is 23.3 Å². The van der Waals surface area contributed by atoms with Gasteiger partial charge >= 0.3 is 5.69 Å². The molecule has 0 bridgehead atoms. The summed E-state index contributed by atoms with van der Waals surface area (Å²) in [4.78, 5) is 46.1. The van der Waals surface area contributed by atoms with Crippen LogP contribution < -0.4 is 16.1 Å². The van der Waals surface area contributed by atoms with E-state index in [1.54, 1.807) is 35.4 Å². The van der Waals surface area contributed by atoms with Crippen LogP contribution in [0.2, 0.25) is 5.02 Å². The van der Waals surface area contributed by atoms with Crippen LogP contribution in [0.5, 0.6) is 0 Å². The molecule has 2 aromatic heterocycles. The molecule has 0 aliphatic carbocycles. The molecule has 1 aliphatic heterocycles. The highest BCUT2D eigenvalue weighted by Crippen LogP contribution is 2.14. The van der Waals surface area contributed by atoms with Gasteiger partial charge in [0.15, 0.2) is 0 Å². The average Bonchev–Trinajstić information content (AvgIpc) is 2.79. The smallest absolute Gasteiger partial charge is 0.351 e. The third-order valence-corrected chi connectivity index (χ3v) is 5.24. The van der Waals surface area contributed by atoms with E-state index in [0.29, 0.717) is 36.9 Å². The molecular formula is C20H19ClN6O3. The standard InChI is InChI=1S/C20H19ClN6O3/c1-24-18(28)17(23-27(20(24)30)15-7-5-14(21)6-8-15)19(29)26-12-10-25(11-13-26)16-4-2-3-9-22-16/h2-9H,10-13H2,1H3. The minimum absolute atomic E-state index is 0.293. The van der Waals surface area contributed by atoms with E-state index in [9.17, 15) is 14.4 Å². The first kappa shape index (κ1) is 19.8. The zero-order chi connectivity index (χ0) is 21.3. The van der Waals surface area contributed by atoms with Crippen molar-refractivity contribution in [3.8, 4) is 5.69 Å². The van der Waals surface area contributed by atoms with E-state index in [1.807, 2.05) is 18.2 Å². The Hall–Kier alpha value is -3.46. The highest BCUT2D eigenvalue weighted by atomic mass is 35.5. The predicted molar refractivity (Wildman–Crippen MR) is 112 cm³/mol. The molecule has 3 heterocycles. The van der Waals surface area contributed by atoms with Gasteiger partial charge in [-0.25, -0.2) is 9.78 Å². The molecule has 0 unspecified atom stereocenters. The average molecular weight is 427 g/mol. The second kappa shape index (κ2) is 8.11. The summed E-state index contributed by atoms with van der Waals surface area (Å²) < 4.78 is 1.92. The number of hydrogen-bond donors (Lipinski definition) is 0. The van der Waals surface area contributed by atoms with Crippen molar-refractivity contribution in [3.05, 3.63) is 80.2 Å². The van der Waals surface area contributed by atoms with E-state index in [1.165, 1.54) is 7.05 Å². The first-order chi connectivity index (χ1) is 14.5. The van der Waals surface area contributed by atoms with Crippen LogP contribution in [0.1, 0.15) is 10.5 Å². The van der Waals surface area contributed by atoms with Gasteiger partial charge in [-0.3, -0.25) is 14.2 Å². The fourth-order valence-corrected chi connectivity index (χ4v) is 3.41. The van der Waals surface area contributed by atoms with Gasteiger partial charge in [0.05, 0.1) is 5.69 Å². The fraction of sp³-hybridized carbons (Fsp3) is 0.250. The number of amides is 1. The van der Waals surface area contributed by atoms with Crippen LogP contribution in [0.25, 0.3) is 5.69 Å². The third kappa shape index (κ3) is 3.71. The van der Waals surface area contributed by atoms with Gasteiger partial charge < -0.3 is 9.80 Å². The maximum atomic E-state index is 13.0. The Morgan fingerprint density at radius 2 is 1.70 bits per heavy atom. The predicted octanol–water partition coefficient (Wildman–Crippen LogP) is 0.942. The molecule has 0 spiro atoms. The molecule has 1 aliphatic rings. The first-order valence-electron chi connectivity index (χ1n) is 9.37. The largest absolute Gasteiger partial charge is 0.353 e.